The molecule has 0 aromatic heterocycles. The van der Waals surface area contributed by atoms with Crippen LogP contribution in [0.1, 0.15) is 6.42 Å². The summed E-state index contributed by atoms with van der Waals surface area (Å²) in [6.45, 7) is 0. The Kier molecular flexibility index (Phi) is 3.38. The van der Waals surface area contributed by atoms with Gasteiger partial charge in [0, 0.05) is 22.0 Å². The average molecular weight is 335 g/mol. The molecule has 0 radical (unpaired) electrons. The van der Waals surface area contributed by atoms with Gasteiger partial charge in [0.25, 0.3) is 0 Å². The number of amides is 1. The molecule has 4 nitrogen and oxygen atoms in total. The first kappa shape index (κ1) is 13.4. The van der Waals surface area contributed by atoms with Crippen LogP contribution in [0.4, 0.5) is 5.69 Å². The van der Waals surface area contributed by atoms with Crippen molar-refractivity contribution in [1.29, 1.82) is 0 Å². The van der Waals surface area contributed by atoms with Gasteiger partial charge in [-0.15, -0.1) is 0 Å². The topological polar surface area (TPSA) is 69.2 Å². The van der Waals surface area contributed by atoms with Gasteiger partial charge in [-0.05, 0) is 36.5 Å². The van der Waals surface area contributed by atoms with E-state index in [9.17, 15) is 14.7 Å². The highest BCUT2D eigenvalue weighted by molar-refractivity contribution is 9.10. The fourth-order valence-corrected chi connectivity index (χ4v) is 3.69. The van der Waals surface area contributed by atoms with Crippen molar-refractivity contribution in [2.45, 2.75) is 6.42 Å². The Bertz CT molecular complexity index is 599. The third-order valence-corrected chi connectivity index (χ3v) is 4.62. The van der Waals surface area contributed by atoms with Crippen molar-refractivity contribution < 1.29 is 14.7 Å². The minimum Gasteiger partial charge on any atom is -0.550 e. The van der Waals surface area contributed by atoms with E-state index in [0.717, 1.165) is 10.9 Å². The number of fused-ring (bicyclic) bond motifs is 2. The first-order valence-corrected chi connectivity index (χ1v) is 7.31. The maximum atomic E-state index is 12.4. The average Bonchev–Trinajstić information content (AvgIpc) is 2.98. The molecule has 2 bridgehead atoms. The second-order valence-electron chi connectivity index (χ2n) is 5.32. The van der Waals surface area contributed by atoms with E-state index in [1.165, 1.54) is 0 Å². The number of halogens is 1. The molecule has 1 N–H and O–H groups in total. The SMILES string of the molecule is O=C([O-])[C@@H]1[C@@H](C(=O)Nc2cccc(Br)c2)[C@H]2C=C[C@H]1C2. The van der Waals surface area contributed by atoms with Crippen molar-refractivity contribution in [3.63, 3.8) is 0 Å². The first-order valence-electron chi connectivity index (χ1n) is 6.52. The fraction of sp³-hybridized carbons (Fsp3) is 0.333. The van der Waals surface area contributed by atoms with Crippen molar-refractivity contribution >= 4 is 33.5 Å². The molecule has 5 heteroatoms. The third-order valence-electron chi connectivity index (χ3n) is 4.13. The minimum atomic E-state index is -1.13. The summed E-state index contributed by atoms with van der Waals surface area (Å²) < 4.78 is 0.861. The summed E-state index contributed by atoms with van der Waals surface area (Å²) in [5.41, 5.74) is 0.660. The molecule has 104 valence electrons. The van der Waals surface area contributed by atoms with E-state index in [0.29, 0.717) is 5.69 Å². The lowest BCUT2D eigenvalue weighted by atomic mass is 9.82. The van der Waals surface area contributed by atoms with Crippen LogP contribution >= 0.6 is 15.9 Å². The number of aliphatic carboxylic acids is 1. The van der Waals surface area contributed by atoms with E-state index in [2.05, 4.69) is 21.2 Å². The lowest BCUT2D eigenvalue weighted by Crippen LogP contribution is -2.42. The molecule has 4 atom stereocenters. The number of hydrogen-bond acceptors (Lipinski definition) is 3. The van der Waals surface area contributed by atoms with Crippen LogP contribution in [0.2, 0.25) is 0 Å². The number of carboxylic acids is 1. The summed E-state index contributed by atoms with van der Waals surface area (Å²) in [6.07, 6.45) is 4.58. The van der Waals surface area contributed by atoms with E-state index in [1.54, 1.807) is 12.1 Å². The zero-order valence-corrected chi connectivity index (χ0v) is 12.2. The zero-order chi connectivity index (χ0) is 14.3. The van der Waals surface area contributed by atoms with Gasteiger partial charge in [0.2, 0.25) is 5.91 Å². The highest BCUT2D eigenvalue weighted by Gasteiger charge is 2.48. The summed E-state index contributed by atoms with van der Waals surface area (Å²) in [5.74, 6) is -2.67. The molecular weight excluding hydrogens is 322 g/mol. The lowest BCUT2D eigenvalue weighted by Gasteiger charge is -2.27. The van der Waals surface area contributed by atoms with Gasteiger partial charge in [0.1, 0.15) is 0 Å². The monoisotopic (exact) mass is 334 g/mol. The van der Waals surface area contributed by atoms with Gasteiger partial charge in [-0.2, -0.15) is 0 Å². The molecule has 1 saturated carbocycles. The van der Waals surface area contributed by atoms with Crippen molar-refractivity contribution in [3.8, 4) is 0 Å². The summed E-state index contributed by atoms with van der Waals surface area (Å²) >= 11 is 3.34. The van der Waals surface area contributed by atoms with Crippen LogP contribution < -0.4 is 10.4 Å². The number of nitrogens with one attached hydrogen (secondary N) is 1. The smallest absolute Gasteiger partial charge is 0.228 e. The third kappa shape index (κ3) is 2.26. The molecule has 2 aliphatic rings. The van der Waals surface area contributed by atoms with Crippen LogP contribution in [0.5, 0.6) is 0 Å². The van der Waals surface area contributed by atoms with E-state index < -0.39 is 17.8 Å². The normalized spacial score (nSPS) is 30.4. The van der Waals surface area contributed by atoms with Gasteiger partial charge < -0.3 is 15.2 Å². The molecule has 1 fully saturated rings. The standard InChI is InChI=1S/C15H14BrNO3/c16-10-2-1-3-11(7-10)17-14(18)12-8-4-5-9(6-8)13(12)15(19)20/h1-5,7-9,12-13H,6H2,(H,17,18)(H,19,20)/p-1/t8-,9-,12-,13-/m0/s1. The van der Waals surface area contributed by atoms with Crippen LogP contribution in [0.25, 0.3) is 0 Å². The molecule has 3 rings (SSSR count). The number of allylic oxidation sites excluding steroid dienone is 2. The Hall–Kier alpha value is -1.62. The molecule has 1 amide bonds. The van der Waals surface area contributed by atoms with Gasteiger partial charge in [0.05, 0.1) is 5.92 Å². The van der Waals surface area contributed by atoms with Crippen LogP contribution in [-0.2, 0) is 9.59 Å². The number of anilines is 1. The second-order valence-corrected chi connectivity index (χ2v) is 6.23. The molecule has 1 aromatic carbocycles. The highest BCUT2D eigenvalue weighted by Crippen LogP contribution is 2.48. The second kappa shape index (κ2) is 5.05. The predicted octanol–water partition coefficient (Wildman–Crippen LogP) is 1.58. The molecule has 20 heavy (non-hydrogen) atoms. The van der Waals surface area contributed by atoms with Gasteiger partial charge in [0.15, 0.2) is 0 Å². The van der Waals surface area contributed by atoms with Crippen molar-refractivity contribution in [2.75, 3.05) is 5.32 Å². The maximum absolute atomic E-state index is 12.4. The summed E-state index contributed by atoms with van der Waals surface area (Å²) in [7, 11) is 0. The Balaban J connectivity index is 1.80. The fourth-order valence-electron chi connectivity index (χ4n) is 3.29. The number of carboxylic acid groups (broad SMARTS) is 1. The number of carbonyl (C=O) groups is 2. The van der Waals surface area contributed by atoms with Crippen LogP contribution in [-0.4, -0.2) is 11.9 Å². The Labute approximate surface area is 125 Å². The van der Waals surface area contributed by atoms with Crippen LogP contribution in [0, 0.1) is 23.7 Å². The molecule has 2 aliphatic carbocycles. The van der Waals surface area contributed by atoms with Gasteiger partial charge in [-0.25, -0.2) is 0 Å². The predicted molar refractivity (Wildman–Crippen MR) is 75.5 cm³/mol. The number of benzene rings is 1. The van der Waals surface area contributed by atoms with Crippen LogP contribution in [0.15, 0.2) is 40.9 Å². The van der Waals surface area contributed by atoms with Crippen molar-refractivity contribution in [2.24, 2.45) is 23.7 Å². The van der Waals surface area contributed by atoms with Crippen molar-refractivity contribution in [3.05, 3.63) is 40.9 Å². The number of hydrogen-bond donors (Lipinski definition) is 1. The number of rotatable bonds is 3. The Morgan fingerprint density at radius 1 is 1.20 bits per heavy atom. The van der Waals surface area contributed by atoms with Gasteiger partial charge >= 0.3 is 0 Å². The quantitative estimate of drug-likeness (QED) is 0.853. The molecular formula is C15H13BrNO3-. The van der Waals surface area contributed by atoms with E-state index in [4.69, 9.17) is 0 Å². The van der Waals surface area contributed by atoms with Gasteiger partial charge in [-0.1, -0.05) is 34.1 Å². The zero-order valence-electron chi connectivity index (χ0n) is 10.6. The molecule has 1 aromatic rings. The Morgan fingerprint density at radius 2 is 1.90 bits per heavy atom. The first-order chi connectivity index (χ1) is 9.56. The maximum Gasteiger partial charge on any atom is 0.228 e. The van der Waals surface area contributed by atoms with Gasteiger partial charge in [-0.3, -0.25) is 4.79 Å². The molecule has 0 spiro atoms. The summed E-state index contributed by atoms with van der Waals surface area (Å²) in [5, 5.41) is 14.1. The highest BCUT2D eigenvalue weighted by atomic mass is 79.9. The minimum absolute atomic E-state index is 0.00931. The summed E-state index contributed by atoms with van der Waals surface area (Å²) in [6, 6.07) is 7.24. The molecule has 0 unspecified atom stereocenters. The largest absolute Gasteiger partial charge is 0.550 e. The molecule has 0 aliphatic heterocycles. The Morgan fingerprint density at radius 3 is 2.55 bits per heavy atom. The molecule has 0 saturated heterocycles. The summed E-state index contributed by atoms with van der Waals surface area (Å²) in [4.78, 5) is 23.7. The van der Waals surface area contributed by atoms with Crippen LogP contribution in [0.3, 0.4) is 0 Å². The van der Waals surface area contributed by atoms with E-state index in [-0.39, 0.29) is 17.7 Å². The lowest BCUT2D eigenvalue weighted by molar-refractivity contribution is -0.313. The van der Waals surface area contributed by atoms with E-state index >= 15 is 0 Å². The van der Waals surface area contributed by atoms with Crippen molar-refractivity contribution in [1.82, 2.24) is 0 Å². The number of carbonyl (C=O) groups excluding carboxylic acids is 2. The van der Waals surface area contributed by atoms with E-state index in [1.807, 2.05) is 24.3 Å². The molecule has 0 heterocycles.